The number of hydrogen-bond acceptors (Lipinski definition) is 3. The van der Waals surface area contributed by atoms with Crippen molar-refractivity contribution in [1.82, 2.24) is 9.97 Å². The summed E-state index contributed by atoms with van der Waals surface area (Å²) in [5.74, 6) is 6.74. The summed E-state index contributed by atoms with van der Waals surface area (Å²) < 4.78 is 0. The van der Waals surface area contributed by atoms with Crippen molar-refractivity contribution in [3.8, 4) is 11.8 Å². The minimum absolute atomic E-state index is 0.399. The average Bonchev–Trinajstić information content (AvgIpc) is 2.88. The quantitative estimate of drug-likeness (QED) is 0.640. The summed E-state index contributed by atoms with van der Waals surface area (Å²) in [6.45, 7) is 0.399. The van der Waals surface area contributed by atoms with E-state index in [1.54, 1.807) is 18.0 Å². The van der Waals surface area contributed by atoms with Gasteiger partial charge in [-0.25, -0.2) is 4.98 Å². The molecule has 1 aromatic carbocycles. The number of aromatic nitrogens is 2. The first-order valence-electron chi connectivity index (χ1n) is 5.28. The van der Waals surface area contributed by atoms with E-state index < -0.39 is 0 Å². The molecule has 0 radical (unpaired) electrons. The highest BCUT2D eigenvalue weighted by Crippen LogP contribution is 2.18. The predicted octanol–water partition coefficient (Wildman–Crippen LogP) is 2.01. The molecule has 0 aliphatic rings. The van der Waals surface area contributed by atoms with Crippen LogP contribution in [0.25, 0.3) is 0 Å². The molecular weight excluding hydrogens is 230 g/mol. The van der Waals surface area contributed by atoms with Crippen molar-refractivity contribution in [2.45, 2.75) is 10.9 Å². The van der Waals surface area contributed by atoms with Crippen molar-refractivity contribution < 1.29 is 0 Å². The monoisotopic (exact) mass is 243 g/mol. The van der Waals surface area contributed by atoms with Crippen molar-refractivity contribution in [3.05, 3.63) is 47.8 Å². The van der Waals surface area contributed by atoms with Gasteiger partial charge in [0.05, 0.1) is 6.54 Å². The third kappa shape index (κ3) is 3.66. The average molecular weight is 243 g/mol. The fourth-order valence-electron chi connectivity index (χ4n) is 1.32. The van der Waals surface area contributed by atoms with Crippen molar-refractivity contribution >= 4 is 11.8 Å². The lowest BCUT2D eigenvalue weighted by atomic mass is 10.1. The molecule has 1 aromatic heterocycles. The molecule has 0 unspecified atom stereocenters. The van der Waals surface area contributed by atoms with Crippen LogP contribution >= 0.6 is 11.8 Å². The molecule has 3 N–H and O–H groups in total. The molecule has 0 spiro atoms. The van der Waals surface area contributed by atoms with Crippen LogP contribution in [-0.2, 0) is 5.75 Å². The van der Waals surface area contributed by atoms with Gasteiger partial charge in [-0.2, -0.15) is 0 Å². The summed E-state index contributed by atoms with van der Waals surface area (Å²) in [4.78, 5) is 7.22. The van der Waals surface area contributed by atoms with Gasteiger partial charge in [0, 0.05) is 23.7 Å². The van der Waals surface area contributed by atoms with Gasteiger partial charge in [0.25, 0.3) is 0 Å². The Morgan fingerprint density at radius 2 is 2.12 bits per heavy atom. The van der Waals surface area contributed by atoms with Crippen LogP contribution in [0, 0.1) is 11.8 Å². The standard InChI is InChI=1S/C13H13N3S/c14-7-1-2-11-3-5-12(6-4-11)10-17-13-15-8-9-16-13/h3-6,8-9H,7,10,14H2,(H,15,16). The molecule has 2 aromatic rings. The molecule has 0 atom stereocenters. The van der Waals surface area contributed by atoms with Crippen molar-refractivity contribution in [2.24, 2.45) is 5.73 Å². The normalized spacial score (nSPS) is 9.71. The van der Waals surface area contributed by atoms with Gasteiger partial charge in [-0.15, -0.1) is 0 Å². The molecule has 0 fully saturated rings. The molecular formula is C13H13N3S. The lowest BCUT2D eigenvalue weighted by Gasteiger charge is -1.99. The second kappa shape index (κ2) is 6.14. The summed E-state index contributed by atoms with van der Waals surface area (Å²) in [5, 5.41) is 0.942. The number of aromatic amines is 1. The number of nitrogens with two attached hydrogens (primary N) is 1. The number of benzene rings is 1. The van der Waals surface area contributed by atoms with Crippen molar-refractivity contribution in [3.63, 3.8) is 0 Å². The van der Waals surface area contributed by atoms with E-state index in [1.807, 2.05) is 18.3 Å². The van der Waals surface area contributed by atoms with Crippen LogP contribution in [0.15, 0.2) is 41.8 Å². The van der Waals surface area contributed by atoms with E-state index in [-0.39, 0.29) is 0 Å². The first-order valence-corrected chi connectivity index (χ1v) is 6.27. The molecule has 1 heterocycles. The Balaban J connectivity index is 1.94. The maximum absolute atomic E-state index is 5.32. The van der Waals surface area contributed by atoms with Crippen LogP contribution < -0.4 is 5.73 Å². The molecule has 0 aliphatic heterocycles. The number of H-pyrrole nitrogens is 1. The van der Waals surface area contributed by atoms with Crippen LogP contribution in [0.2, 0.25) is 0 Å². The van der Waals surface area contributed by atoms with Crippen LogP contribution in [0.5, 0.6) is 0 Å². The van der Waals surface area contributed by atoms with Gasteiger partial charge in [-0.3, -0.25) is 0 Å². The Kier molecular flexibility index (Phi) is 4.25. The third-order valence-corrected chi connectivity index (χ3v) is 3.11. The van der Waals surface area contributed by atoms with E-state index >= 15 is 0 Å². The third-order valence-electron chi connectivity index (χ3n) is 2.14. The van der Waals surface area contributed by atoms with Gasteiger partial charge in [0.15, 0.2) is 5.16 Å². The minimum atomic E-state index is 0.399. The Bertz CT molecular complexity index is 506. The predicted molar refractivity (Wildman–Crippen MR) is 70.5 cm³/mol. The van der Waals surface area contributed by atoms with Crippen LogP contribution in [0.4, 0.5) is 0 Å². The van der Waals surface area contributed by atoms with Crippen molar-refractivity contribution in [2.75, 3.05) is 6.54 Å². The zero-order valence-corrected chi connectivity index (χ0v) is 10.1. The number of nitrogens with zero attached hydrogens (tertiary/aromatic N) is 1. The zero-order valence-electron chi connectivity index (χ0n) is 9.31. The Morgan fingerprint density at radius 3 is 2.76 bits per heavy atom. The SMILES string of the molecule is NCC#Cc1ccc(CSc2ncc[nH]2)cc1. The summed E-state index contributed by atoms with van der Waals surface area (Å²) in [7, 11) is 0. The Labute approximate surface area is 105 Å². The van der Waals surface area contributed by atoms with E-state index in [2.05, 4.69) is 33.9 Å². The number of nitrogens with one attached hydrogen (secondary N) is 1. The molecule has 3 nitrogen and oxygen atoms in total. The van der Waals surface area contributed by atoms with E-state index in [0.717, 1.165) is 16.5 Å². The van der Waals surface area contributed by atoms with Crippen LogP contribution in [-0.4, -0.2) is 16.5 Å². The molecule has 17 heavy (non-hydrogen) atoms. The molecule has 0 aliphatic carbocycles. The maximum atomic E-state index is 5.32. The van der Waals surface area contributed by atoms with Gasteiger partial charge in [-0.1, -0.05) is 35.7 Å². The molecule has 86 valence electrons. The van der Waals surface area contributed by atoms with Gasteiger partial charge in [-0.05, 0) is 17.7 Å². The van der Waals surface area contributed by atoms with Crippen LogP contribution in [0.1, 0.15) is 11.1 Å². The highest BCUT2D eigenvalue weighted by molar-refractivity contribution is 7.98. The summed E-state index contributed by atoms with van der Waals surface area (Å²) >= 11 is 1.68. The fourth-order valence-corrected chi connectivity index (χ4v) is 2.10. The second-order valence-corrected chi connectivity index (χ2v) is 4.35. The first kappa shape index (κ1) is 11.8. The minimum Gasteiger partial charge on any atom is -0.340 e. The zero-order chi connectivity index (χ0) is 11.9. The topological polar surface area (TPSA) is 54.7 Å². The lowest BCUT2D eigenvalue weighted by molar-refractivity contribution is 1.06. The Morgan fingerprint density at radius 1 is 1.29 bits per heavy atom. The van der Waals surface area contributed by atoms with E-state index in [0.29, 0.717) is 6.54 Å². The molecule has 0 bridgehead atoms. The summed E-state index contributed by atoms with van der Waals surface area (Å²) in [5.41, 5.74) is 7.58. The van der Waals surface area contributed by atoms with E-state index in [1.165, 1.54) is 5.56 Å². The highest BCUT2D eigenvalue weighted by atomic mass is 32.2. The van der Waals surface area contributed by atoms with Gasteiger partial charge in [0.1, 0.15) is 0 Å². The van der Waals surface area contributed by atoms with Gasteiger partial charge in [0.2, 0.25) is 0 Å². The largest absolute Gasteiger partial charge is 0.340 e. The summed E-state index contributed by atoms with van der Waals surface area (Å²) in [6.07, 6.45) is 3.59. The van der Waals surface area contributed by atoms with Crippen molar-refractivity contribution in [1.29, 1.82) is 0 Å². The first-order chi connectivity index (χ1) is 8.38. The Hall–Kier alpha value is -1.70. The number of hydrogen-bond donors (Lipinski definition) is 2. The van der Waals surface area contributed by atoms with E-state index in [4.69, 9.17) is 5.73 Å². The number of rotatable bonds is 3. The maximum Gasteiger partial charge on any atom is 0.165 e. The molecule has 0 amide bonds. The van der Waals surface area contributed by atoms with E-state index in [9.17, 15) is 0 Å². The smallest absolute Gasteiger partial charge is 0.165 e. The second-order valence-electron chi connectivity index (χ2n) is 3.39. The molecule has 0 saturated carbocycles. The number of imidazole rings is 1. The number of thioether (sulfide) groups is 1. The molecule has 0 saturated heterocycles. The molecule has 4 heteroatoms. The van der Waals surface area contributed by atoms with Crippen LogP contribution in [0.3, 0.4) is 0 Å². The van der Waals surface area contributed by atoms with Gasteiger partial charge >= 0.3 is 0 Å². The summed E-state index contributed by atoms with van der Waals surface area (Å²) in [6, 6.07) is 8.19. The van der Waals surface area contributed by atoms with Gasteiger partial charge < -0.3 is 10.7 Å². The highest BCUT2D eigenvalue weighted by Gasteiger charge is 1.97. The fraction of sp³-hybridized carbons (Fsp3) is 0.154. The molecule has 2 rings (SSSR count). The lowest BCUT2D eigenvalue weighted by Crippen LogP contribution is -1.93.